The van der Waals surface area contributed by atoms with Crippen LogP contribution in [0.5, 0.6) is 0 Å². The van der Waals surface area contributed by atoms with E-state index < -0.39 is 0 Å². The van der Waals surface area contributed by atoms with Crippen LogP contribution in [0.25, 0.3) is 11.1 Å². The molecule has 0 aliphatic carbocycles. The van der Waals surface area contributed by atoms with Crippen molar-refractivity contribution in [1.82, 2.24) is 15.2 Å². The van der Waals surface area contributed by atoms with Crippen molar-refractivity contribution in [2.45, 2.75) is 31.3 Å². The van der Waals surface area contributed by atoms with Crippen LogP contribution in [-0.4, -0.2) is 41.0 Å². The monoisotopic (exact) mass is 397 g/mol. The number of nitrogens with one attached hydrogen (secondary N) is 1. The molecule has 1 amide bonds. The topological polar surface area (TPSA) is 45.2 Å². The predicted molar refractivity (Wildman–Crippen MR) is 119 cm³/mol. The molecule has 0 spiro atoms. The number of piperidine rings is 3. The molecule has 1 N–H and O–H groups in total. The van der Waals surface area contributed by atoms with E-state index in [1.807, 2.05) is 54.9 Å². The minimum absolute atomic E-state index is 0.0303. The van der Waals surface area contributed by atoms with Crippen LogP contribution in [0.1, 0.15) is 28.8 Å². The summed E-state index contributed by atoms with van der Waals surface area (Å²) in [6.45, 7) is 2.26. The van der Waals surface area contributed by atoms with E-state index >= 15 is 0 Å². The zero-order valence-corrected chi connectivity index (χ0v) is 17.1. The predicted octanol–water partition coefficient (Wildman–Crippen LogP) is 4.18. The number of hydrogen-bond acceptors (Lipinski definition) is 3. The van der Waals surface area contributed by atoms with E-state index in [1.54, 1.807) is 0 Å². The molecule has 3 saturated heterocycles. The van der Waals surface area contributed by atoms with Gasteiger partial charge in [0.05, 0.1) is 0 Å². The highest BCUT2D eigenvalue weighted by Gasteiger charge is 2.42. The Morgan fingerprint density at radius 2 is 1.77 bits per heavy atom. The molecule has 0 radical (unpaired) electrons. The van der Waals surface area contributed by atoms with Gasteiger partial charge < -0.3 is 5.32 Å². The van der Waals surface area contributed by atoms with Crippen molar-refractivity contribution in [1.29, 1.82) is 0 Å². The maximum absolute atomic E-state index is 13.2. The van der Waals surface area contributed by atoms with Crippen LogP contribution in [0, 0.1) is 5.92 Å². The summed E-state index contributed by atoms with van der Waals surface area (Å²) >= 11 is 0. The number of nitrogens with zero attached hydrogens (tertiary/aromatic N) is 2. The molecular weight excluding hydrogens is 370 g/mol. The molecule has 0 saturated carbocycles. The van der Waals surface area contributed by atoms with Crippen LogP contribution < -0.4 is 5.32 Å². The van der Waals surface area contributed by atoms with Crippen LogP contribution in [0.3, 0.4) is 0 Å². The SMILES string of the molecule is O=C(NC1C2CCN(CC2)C1Cc1cccnc1)c1cccc(-c2ccccc2)c1. The van der Waals surface area contributed by atoms with Crippen molar-refractivity contribution in [2.24, 2.45) is 5.92 Å². The first kappa shape index (κ1) is 19.0. The van der Waals surface area contributed by atoms with Gasteiger partial charge in [0.2, 0.25) is 0 Å². The van der Waals surface area contributed by atoms with Gasteiger partial charge in [-0.2, -0.15) is 0 Å². The summed E-state index contributed by atoms with van der Waals surface area (Å²) < 4.78 is 0. The molecule has 4 heterocycles. The Bertz CT molecular complexity index is 997. The third-order valence-electron chi connectivity index (χ3n) is 6.66. The van der Waals surface area contributed by atoms with Crippen molar-refractivity contribution >= 4 is 5.91 Å². The van der Waals surface area contributed by atoms with Gasteiger partial charge in [0.15, 0.2) is 0 Å². The fraction of sp³-hybridized carbons (Fsp3) is 0.308. The standard InChI is InChI=1S/C26H27N3O/c30-26(23-10-4-9-22(17-23)20-7-2-1-3-8-20)28-25-21-11-14-29(15-12-21)24(25)16-19-6-5-13-27-18-19/h1-10,13,17-18,21,24-25H,11-12,14-16H2,(H,28,30). The van der Waals surface area contributed by atoms with Crippen molar-refractivity contribution in [3.05, 3.63) is 90.3 Å². The lowest BCUT2D eigenvalue weighted by Crippen LogP contribution is -2.64. The maximum atomic E-state index is 13.2. The molecule has 1 aromatic heterocycles. The smallest absolute Gasteiger partial charge is 0.251 e. The number of fused-ring (bicyclic) bond motifs is 3. The summed E-state index contributed by atoms with van der Waals surface area (Å²) in [4.78, 5) is 20.1. The van der Waals surface area contributed by atoms with E-state index in [9.17, 15) is 4.79 Å². The first-order valence-corrected chi connectivity index (χ1v) is 10.9. The lowest BCUT2D eigenvalue weighted by atomic mass is 9.76. The van der Waals surface area contributed by atoms with Crippen molar-refractivity contribution in [3.63, 3.8) is 0 Å². The summed E-state index contributed by atoms with van der Waals surface area (Å²) in [6.07, 6.45) is 7.03. The van der Waals surface area contributed by atoms with E-state index in [2.05, 4.69) is 39.5 Å². The van der Waals surface area contributed by atoms with E-state index in [0.717, 1.165) is 36.2 Å². The third kappa shape index (κ3) is 3.88. The number of carbonyl (C=O) groups excluding carboxylic acids is 1. The second-order valence-corrected chi connectivity index (χ2v) is 8.45. The van der Waals surface area contributed by atoms with Gasteiger partial charge in [0.1, 0.15) is 0 Å². The lowest BCUT2D eigenvalue weighted by molar-refractivity contribution is 0.0136. The number of rotatable bonds is 5. The number of amides is 1. The minimum atomic E-state index is 0.0303. The molecule has 3 aromatic rings. The Morgan fingerprint density at radius 1 is 0.967 bits per heavy atom. The molecule has 3 fully saturated rings. The zero-order chi connectivity index (χ0) is 20.3. The Balaban J connectivity index is 1.36. The Labute approximate surface area is 178 Å². The molecule has 4 heteroatoms. The van der Waals surface area contributed by atoms with E-state index in [0.29, 0.717) is 12.0 Å². The number of hydrogen-bond donors (Lipinski definition) is 1. The van der Waals surface area contributed by atoms with Gasteiger partial charge in [-0.05, 0) is 73.2 Å². The van der Waals surface area contributed by atoms with Gasteiger partial charge in [-0.3, -0.25) is 14.7 Å². The normalized spacial score (nSPS) is 25.1. The quantitative estimate of drug-likeness (QED) is 0.702. The molecule has 30 heavy (non-hydrogen) atoms. The summed E-state index contributed by atoms with van der Waals surface area (Å²) in [5.74, 6) is 0.584. The third-order valence-corrected chi connectivity index (χ3v) is 6.66. The fourth-order valence-corrected chi connectivity index (χ4v) is 5.09. The molecule has 3 aliphatic rings. The van der Waals surface area contributed by atoms with Crippen molar-refractivity contribution < 1.29 is 4.79 Å². The highest BCUT2D eigenvalue weighted by molar-refractivity contribution is 5.95. The Morgan fingerprint density at radius 3 is 2.53 bits per heavy atom. The maximum Gasteiger partial charge on any atom is 0.251 e. The first-order valence-electron chi connectivity index (χ1n) is 10.9. The molecule has 2 unspecified atom stereocenters. The lowest BCUT2D eigenvalue weighted by Gasteiger charge is -2.51. The number of carbonyl (C=O) groups is 1. The summed E-state index contributed by atoms with van der Waals surface area (Å²) in [5.41, 5.74) is 4.17. The first-order chi connectivity index (χ1) is 14.8. The molecule has 2 aromatic carbocycles. The van der Waals surface area contributed by atoms with Gasteiger partial charge in [0, 0.05) is 30.0 Å². The van der Waals surface area contributed by atoms with Crippen molar-refractivity contribution in [3.8, 4) is 11.1 Å². The van der Waals surface area contributed by atoms with E-state index in [4.69, 9.17) is 0 Å². The van der Waals surface area contributed by atoms with Crippen LogP contribution in [-0.2, 0) is 6.42 Å². The Kier molecular flexibility index (Phi) is 5.33. The zero-order valence-electron chi connectivity index (χ0n) is 17.1. The number of pyridine rings is 1. The summed E-state index contributed by atoms with van der Waals surface area (Å²) in [7, 11) is 0. The largest absolute Gasteiger partial charge is 0.347 e. The number of aromatic nitrogens is 1. The van der Waals surface area contributed by atoms with Gasteiger partial charge >= 0.3 is 0 Å². The fourth-order valence-electron chi connectivity index (χ4n) is 5.09. The molecular formula is C26H27N3O. The van der Waals surface area contributed by atoms with Crippen LogP contribution in [0.2, 0.25) is 0 Å². The Hall–Kier alpha value is -2.98. The van der Waals surface area contributed by atoms with Crippen molar-refractivity contribution in [2.75, 3.05) is 13.1 Å². The van der Waals surface area contributed by atoms with E-state index in [-0.39, 0.29) is 11.9 Å². The summed E-state index contributed by atoms with van der Waals surface area (Å²) in [5, 5.41) is 3.41. The molecule has 3 aliphatic heterocycles. The highest BCUT2D eigenvalue weighted by atomic mass is 16.1. The minimum Gasteiger partial charge on any atom is -0.347 e. The summed E-state index contributed by atoms with van der Waals surface area (Å²) in [6, 6.07) is 22.8. The molecule has 152 valence electrons. The molecule has 4 nitrogen and oxygen atoms in total. The molecule has 2 bridgehead atoms. The average Bonchev–Trinajstić information content (AvgIpc) is 2.82. The second-order valence-electron chi connectivity index (χ2n) is 8.45. The van der Waals surface area contributed by atoms with Crippen LogP contribution in [0.4, 0.5) is 0 Å². The van der Waals surface area contributed by atoms with Gasteiger partial charge in [0.25, 0.3) is 5.91 Å². The highest BCUT2D eigenvalue weighted by Crippen LogP contribution is 2.34. The average molecular weight is 398 g/mol. The number of benzene rings is 2. The van der Waals surface area contributed by atoms with Gasteiger partial charge in [-0.15, -0.1) is 0 Å². The van der Waals surface area contributed by atoms with Crippen LogP contribution >= 0.6 is 0 Å². The second kappa shape index (κ2) is 8.41. The molecule has 6 rings (SSSR count). The van der Waals surface area contributed by atoms with Gasteiger partial charge in [-0.1, -0.05) is 48.5 Å². The van der Waals surface area contributed by atoms with E-state index in [1.165, 1.54) is 18.4 Å². The van der Waals surface area contributed by atoms with Crippen LogP contribution in [0.15, 0.2) is 79.1 Å². The van der Waals surface area contributed by atoms with Gasteiger partial charge in [-0.25, -0.2) is 0 Å². The molecule has 2 atom stereocenters.